The van der Waals surface area contributed by atoms with Gasteiger partial charge in [0, 0.05) is 0 Å². The van der Waals surface area contributed by atoms with Gasteiger partial charge in [-0.1, -0.05) is 90.2 Å². The van der Waals surface area contributed by atoms with E-state index in [1.165, 1.54) is 11.3 Å². The number of ether oxygens (including phenoxy) is 3. The fourth-order valence-electron chi connectivity index (χ4n) is 4.71. The highest BCUT2D eigenvalue weighted by Gasteiger charge is 2.34. The average molecular weight is 581 g/mol. The number of esters is 1. The summed E-state index contributed by atoms with van der Waals surface area (Å²) < 4.78 is 19.4. The molecule has 3 aromatic carbocycles. The van der Waals surface area contributed by atoms with E-state index in [0.717, 1.165) is 11.1 Å². The van der Waals surface area contributed by atoms with Gasteiger partial charge in [-0.2, -0.15) is 0 Å². The molecule has 4 aromatic rings. The topological polar surface area (TPSA) is 79.1 Å². The maximum atomic E-state index is 13.8. The lowest BCUT2D eigenvalue weighted by molar-refractivity contribution is -0.143. The summed E-state index contributed by atoms with van der Waals surface area (Å²) in [6.45, 7) is 5.72. The van der Waals surface area contributed by atoms with Gasteiger partial charge in [-0.15, -0.1) is 0 Å². The van der Waals surface area contributed by atoms with Crippen LogP contribution >= 0.6 is 11.3 Å². The van der Waals surface area contributed by atoms with Gasteiger partial charge in [0.25, 0.3) is 5.56 Å². The molecule has 0 aliphatic carbocycles. The lowest BCUT2D eigenvalue weighted by Gasteiger charge is -2.26. The molecule has 0 N–H and O–H groups in total. The van der Waals surface area contributed by atoms with Crippen LogP contribution in [-0.4, -0.2) is 23.8 Å². The maximum absolute atomic E-state index is 13.8. The van der Waals surface area contributed by atoms with Crippen molar-refractivity contribution in [3.8, 4) is 11.5 Å². The smallest absolute Gasteiger partial charge is 0.338 e. The minimum atomic E-state index is -0.759. The highest BCUT2D eigenvalue weighted by atomic mass is 32.1. The van der Waals surface area contributed by atoms with Crippen LogP contribution in [0.1, 0.15) is 43.5 Å². The molecular weight excluding hydrogens is 548 g/mol. The Morgan fingerprint density at radius 2 is 1.74 bits per heavy atom. The van der Waals surface area contributed by atoms with Gasteiger partial charge in [0.2, 0.25) is 0 Å². The third-order valence-electron chi connectivity index (χ3n) is 6.66. The van der Waals surface area contributed by atoms with Crippen LogP contribution in [0.2, 0.25) is 0 Å². The maximum Gasteiger partial charge on any atom is 0.338 e. The van der Waals surface area contributed by atoms with Crippen molar-refractivity contribution in [2.45, 2.75) is 39.5 Å². The highest BCUT2D eigenvalue weighted by molar-refractivity contribution is 7.07. The van der Waals surface area contributed by atoms with Crippen molar-refractivity contribution in [1.29, 1.82) is 0 Å². The summed E-state index contributed by atoms with van der Waals surface area (Å²) in [4.78, 5) is 32.4. The van der Waals surface area contributed by atoms with Gasteiger partial charge in [-0.3, -0.25) is 9.36 Å². The predicted molar refractivity (Wildman–Crippen MR) is 165 cm³/mol. The van der Waals surface area contributed by atoms with Crippen LogP contribution in [0.3, 0.4) is 0 Å². The van der Waals surface area contributed by atoms with Gasteiger partial charge in [0.05, 0.1) is 35.1 Å². The van der Waals surface area contributed by atoms with E-state index in [2.05, 4.69) is 4.99 Å². The monoisotopic (exact) mass is 580 g/mol. The van der Waals surface area contributed by atoms with E-state index in [-0.39, 0.29) is 11.7 Å². The van der Waals surface area contributed by atoms with Crippen LogP contribution in [0.15, 0.2) is 106 Å². The van der Waals surface area contributed by atoms with Crippen molar-refractivity contribution >= 4 is 29.5 Å². The number of nitrogens with zero attached hydrogens (tertiary/aromatic N) is 2. The number of fused-ring (bicyclic) bond motifs is 1. The van der Waals surface area contributed by atoms with Crippen LogP contribution in [0, 0.1) is 0 Å². The molecule has 1 aromatic heterocycles. The second kappa shape index (κ2) is 12.9. The molecule has 0 amide bonds. The normalized spacial score (nSPS) is 15.1. The second-order valence-corrected chi connectivity index (χ2v) is 11.0. The summed E-state index contributed by atoms with van der Waals surface area (Å²) in [6, 6.07) is 24.4. The highest BCUT2D eigenvalue weighted by Crippen LogP contribution is 2.36. The zero-order chi connectivity index (χ0) is 29.6. The molecule has 42 heavy (non-hydrogen) atoms. The molecule has 1 atom stereocenters. The fourth-order valence-corrected chi connectivity index (χ4v) is 5.71. The Morgan fingerprint density at radius 3 is 2.43 bits per heavy atom. The van der Waals surface area contributed by atoms with Gasteiger partial charge in [0.1, 0.15) is 6.61 Å². The molecule has 0 radical (unpaired) electrons. The van der Waals surface area contributed by atoms with Crippen molar-refractivity contribution in [3.05, 3.63) is 133 Å². The van der Waals surface area contributed by atoms with Crippen molar-refractivity contribution < 1.29 is 19.0 Å². The summed E-state index contributed by atoms with van der Waals surface area (Å²) in [5.41, 5.74) is 3.29. The number of methoxy groups -OCH3 is 1. The Kier molecular flexibility index (Phi) is 8.83. The Hall–Kier alpha value is -4.69. The fraction of sp³-hybridized carbons (Fsp3) is 0.206. The summed E-state index contributed by atoms with van der Waals surface area (Å²) >= 11 is 1.28. The lowest BCUT2D eigenvalue weighted by atomic mass is 9.95. The first-order valence-corrected chi connectivity index (χ1v) is 14.5. The van der Waals surface area contributed by atoms with Gasteiger partial charge in [-0.25, -0.2) is 9.79 Å². The predicted octanol–water partition coefficient (Wildman–Crippen LogP) is 5.44. The van der Waals surface area contributed by atoms with E-state index in [1.54, 1.807) is 50.7 Å². The molecule has 214 valence electrons. The standard InChI is InChI=1S/C34H32N2O5S/c1-22(2)41-33(38)30-23(3)35-34-36(32(37)29(42-34)17-11-16-24-12-7-5-8-13-24)31(30)26-18-19-27(28(20-26)39-4)40-21-25-14-9-6-10-15-25/h5-20,22,31H,21H2,1-4H3. The lowest BCUT2D eigenvalue weighted by Crippen LogP contribution is -2.40. The van der Waals surface area contributed by atoms with Gasteiger partial charge < -0.3 is 14.2 Å². The van der Waals surface area contributed by atoms with Crippen LogP contribution in [-0.2, 0) is 16.1 Å². The Balaban J connectivity index is 1.58. The molecule has 1 unspecified atom stereocenters. The zero-order valence-corrected chi connectivity index (χ0v) is 24.8. The summed E-state index contributed by atoms with van der Waals surface area (Å²) in [5, 5.41) is 0. The van der Waals surface area contributed by atoms with Gasteiger partial charge >= 0.3 is 5.97 Å². The third-order valence-corrected chi connectivity index (χ3v) is 7.66. The first kappa shape index (κ1) is 28.8. The summed E-state index contributed by atoms with van der Waals surface area (Å²) in [6.07, 6.45) is 5.22. The molecule has 7 nitrogen and oxygen atoms in total. The number of aromatic nitrogens is 1. The van der Waals surface area contributed by atoms with Crippen molar-refractivity contribution in [1.82, 2.24) is 4.57 Å². The van der Waals surface area contributed by atoms with Crippen LogP contribution in [0.5, 0.6) is 11.5 Å². The number of rotatable bonds is 9. The Labute approximate surface area is 248 Å². The number of hydrogen-bond acceptors (Lipinski definition) is 7. The zero-order valence-electron chi connectivity index (χ0n) is 23.9. The van der Waals surface area contributed by atoms with E-state index < -0.39 is 12.0 Å². The average Bonchev–Trinajstić information content (AvgIpc) is 3.30. The number of allylic oxidation sites excluding steroid dienone is 2. The van der Waals surface area contributed by atoms with Gasteiger partial charge in [-0.05, 0) is 55.7 Å². The molecule has 8 heteroatoms. The number of benzene rings is 3. The van der Waals surface area contributed by atoms with Crippen molar-refractivity contribution in [2.75, 3.05) is 7.11 Å². The molecule has 0 saturated heterocycles. The molecule has 0 saturated carbocycles. The summed E-state index contributed by atoms with van der Waals surface area (Å²) in [7, 11) is 1.56. The third kappa shape index (κ3) is 6.29. The van der Waals surface area contributed by atoms with E-state index in [4.69, 9.17) is 14.2 Å². The number of thiazole rings is 1. The van der Waals surface area contributed by atoms with Gasteiger partial charge in [0.15, 0.2) is 16.3 Å². The Morgan fingerprint density at radius 1 is 1.02 bits per heavy atom. The Bertz CT molecular complexity index is 1820. The quantitative estimate of drug-likeness (QED) is 0.247. The number of carbonyl (C=O) groups is 1. The van der Waals surface area contributed by atoms with Crippen LogP contribution in [0.25, 0.3) is 12.2 Å². The molecule has 0 bridgehead atoms. The van der Waals surface area contributed by atoms with Crippen LogP contribution in [0.4, 0.5) is 0 Å². The molecule has 0 spiro atoms. The van der Waals surface area contributed by atoms with Crippen molar-refractivity contribution in [2.24, 2.45) is 4.99 Å². The molecule has 1 aliphatic rings. The molecule has 2 heterocycles. The largest absolute Gasteiger partial charge is 0.493 e. The molecular formula is C34H32N2O5S. The molecule has 1 aliphatic heterocycles. The molecule has 0 fully saturated rings. The SMILES string of the molecule is COc1cc(C2C(C(=O)OC(C)C)=C(C)N=c3sc(=CC=Cc4ccccc4)c(=O)n32)ccc1OCc1ccccc1. The minimum Gasteiger partial charge on any atom is -0.493 e. The van der Waals surface area contributed by atoms with Crippen LogP contribution < -0.4 is 24.4 Å². The minimum absolute atomic E-state index is 0.243. The van der Waals surface area contributed by atoms with E-state index >= 15 is 0 Å². The number of carbonyl (C=O) groups excluding carboxylic acids is 1. The first-order chi connectivity index (χ1) is 20.4. The summed E-state index contributed by atoms with van der Waals surface area (Å²) in [5.74, 6) is 0.524. The first-order valence-electron chi connectivity index (χ1n) is 13.7. The van der Waals surface area contributed by atoms with E-state index in [9.17, 15) is 9.59 Å². The molecule has 5 rings (SSSR count). The second-order valence-electron chi connectivity index (χ2n) is 10.0. The van der Waals surface area contributed by atoms with E-state index in [0.29, 0.717) is 44.3 Å². The van der Waals surface area contributed by atoms with Crippen molar-refractivity contribution in [3.63, 3.8) is 0 Å². The van der Waals surface area contributed by atoms with E-state index in [1.807, 2.05) is 78.9 Å². The number of hydrogen-bond donors (Lipinski definition) is 0.